The first-order valence-electron chi connectivity index (χ1n) is 5.16. The highest BCUT2D eigenvalue weighted by Crippen LogP contribution is 2.22. The Morgan fingerprint density at radius 2 is 2.00 bits per heavy atom. The fourth-order valence-electron chi connectivity index (χ4n) is 1.48. The summed E-state index contributed by atoms with van der Waals surface area (Å²) in [7, 11) is 0. The molecular formula is C11H7F3NO4+. The van der Waals surface area contributed by atoms with Crippen molar-refractivity contribution in [3.8, 4) is 0 Å². The molecule has 0 spiro atoms. The van der Waals surface area contributed by atoms with Crippen LogP contribution in [0, 0.1) is 22.4 Å². The summed E-state index contributed by atoms with van der Waals surface area (Å²) in [5.74, 6) is -4.94. The molecule has 0 unspecified atom stereocenters. The molecule has 0 saturated heterocycles. The van der Waals surface area contributed by atoms with Gasteiger partial charge in [-0.3, -0.25) is 4.79 Å². The fraction of sp³-hybridized carbons (Fsp3) is 0.182. The molecule has 1 aromatic heterocycles. The van der Waals surface area contributed by atoms with Crippen molar-refractivity contribution >= 4 is 16.7 Å². The Labute approximate surface area is 103 Å². The fourth-order valence-corrected chi connectivity index (χ4v) is 1.48. The quantitative estimate of drug-likeness (QED) is 0.637. The molecule has 0 amide bonds. The smallest absolute Gasteiger partial charge is 0.398 e. The summed E-state index contributed by atoms with van der Waals surface area (Å²) in [5, 5.41) is -0.588. The molecule has 5 nitrogen and oxygen atoms in total. The van der Waals surface area contributed by atoms with Crippen molar-refractivity contribution in [3.63, 3.8) is 0 Å². The minimum Gasteiger partial charge on any atom is -0.453 e. The molecule has 0 atom stereocenters. The molecule has 1 aromatic carbocycles. The molecule has 0 aliphatic carbocycles. The van der Waals surface area contributed by atoms with Gasteiger partial charge in [0.25, 0.3) is 10.4 Å². The van der Waals surface area contributed by atoms with Crippen LogP contribution in [0.5, 0.6) is 0 Å². The molecule has 2 rings (SSSR count). The van der Waals surface area contributed by atoms with Gasteiger partial charge in [0, 0.05) is 0 Å². The molecule has 100 valence electrons. The van der Waals surface area contributed by atoms with Crippen molar-refractivity contribution in [2.45, 2.75) is 6.92 Å². The summed E-state index contributed by atoms with van der Waals surface area (Å²) in [6.07, 6.45) is 0.619. The second kappa shape index (κ2) is 4.71. The molecule has 19 heavy (non-hydrogen) atoms. The zero-order valence-corrected chi connectivity index (χ0v) is 9.58. The maximum Gasteiger partial charge on any atom is 0.398 e. The largest absolute Gasteiger partial charge is 0.453 e. The van der Waals surface area contributed by atoms with Gasteiger partial charge >= 0.3 is 5.69 Å². The predicted octanol–water partition coefficient (Wildman–Crippen LogP) is 2.57. The lowest BCUT2D eigenvalue weighted by atomic mass is 10.2. The second-order valence-electron chi connectivity index (χ2n) is 3.49. The van der Waals surface area contributed by atoms with E-state index in [0.29, 0.717) is 12.3 Å². The summed E-state index contributed by atoms with van der Waals surface area (Å²) >= 11 is 0. The lowest BCUT2D eigenvalue weighted by Gasteiger charge is -2.00. The van der Waals surface area contributed by atoms with Gasteiger partial charge in [0.05, 0.1) is 10.3 Å². The third-order valence-corrected chi connectivity index (χ3v) is 2.33. The second-order valence-corrected chi connectivity index (χ2v) is 3.49. The summed E-state index contributed by atoms with van der Waals surface area (Å²) in [6.45, 7) is 1.48. The number of hydrogen-bond donors (Lipinski definition) is 0. The molecule has 0 saturated carbocycles. The van der Waals surface area contributed by atoms with Crippen molar-refractivity contribution in [2.24, 2.45) is 0 Å². The Kier molecular flexibility index (Phi) is 3.24. The molecule has 0 radical (unpaired) electrons. The zero-order valence-electron chi connectivity index (χ0n) is 9.58. The van der Waals surface area contributed by atoms with Crippen LogP contribution in [0.15, 0.2) is 21.5 Å². The standard InChI is InChI=1S/C11H7F3NO4/c1-2-19-15(17)7-4-18-11-5(10(7)16)3-6(12)8(13)9(11)14/h3-4H,2H2,1H3/q+1. The highest BCUT2D eigenvalue weighted by molar-refractivity contribution is 5.78. The van der Waals surface area contributed by atoms with Gasteiger partial charge in [-0.25, -0.2) is 13.6 Å². The monoisotopic (exact) mass is 274 g/mol. The van der Waals surface area contributed by atoms with E-state index in [0.717, 1.165) is 0 Å². The SMILES string of the molecule is CCO[N+](=O)c1coc2c(F)c(F)c(F)cc2c1=O. The lowest BCUT2D eigenvalue weighted by molar-refractivity contribution is -0.745. The van der Waals surface area contributed by atoms with Crippen LogP contribution in [0.4, 0.5) is 18.9 Å². The average molecular weight is 274 g/mol. The van der Waals surface area contributed by atoms with Gasteiger partial charge in [-0.05, 0) is 13.0 Å². The average Bonchev–Trinajstić information content (AvgIpc) is 2.38. The molecule has 8 heteroatoms. The molecule has 0 bridgehead atoms. The number of halogens is 3. The van der Waals surface area contributed by atoms with Crippen LogP contribution < -0.4 is 5.43 Å². The first-order valence-corrected chi connectivity index (χ1v) is 5.16. The van der Waals surface area contributed by atoms with Gasteiger partial charge < -0.3 is 4.42 Å². The molecule has 0 fully saturated rings. The minimum absolute atomic E-state index is 0.0207. The molecule has 2 aromatic rings. The van der Waals surface area contributed by atoms with Gasteiger partial charge in [-0.2, -0.15) is 4.39 Å². The van der Waals surface area contributed by atoms with Crippen LogP contribution in [0.2, 0.25) is 0 Å². The summed E-state index contributed by atoms with van der Waals surface area (Å²) in [4.78, 5) is 27.5. The number of fused-ring (bicyclic) bond motifs is 1. The van der Waals surface area contributed by atoms with Crippen LogP contribution in [0.1, 0.15) is 6.92 Å². The Balaban J connectivity index is 2.76. The third-order valence-electron chi connectivity index (χ3n) is 2.33. The maximum absolute atomic E-state index is 13.3. The Bertz CT molecular complexity index is 726. The highest BCUT2D eigenvalue weighted by atomic mass is 19.2. The van der Waals surface area contributed by atoms with Gasteiger partial charge in [0.15, 0.2) is 30.1 Å². The van der Waals surface area contributed by atoms with E-state index in [2.05, 4.69) is 9.25 Å². The lowest BCUT2D eigenvalue weighted by Crippen LogP contribution is -2.14. The molecule has 1 heterocycles. The third kappa shape index (κ3) is 2.05. The van der Waals surface area contributed by atoms with E-state index in [-0.39, 0.29) is 11.5 Å². The summed E-state index contributed by atoms with van der Waals surface area (Å²) in [6, 6.07) is 0.461. The number of benzene rings is 1. The topological polar surface area (TPSA) is 59.5 Å². The van der Waals surface area contributed by atoms with Crippen molar-refractivity contribution in [1.29, 1.82) is 0 Å². The van der Waals surface area contributed by atoms with Crippen molar-refractivity contribution in [2.75, 3.05) is 6.61 Å². The van der Waals surface area contributed by atoms with Gasteiger partial charge in [0.2, 0.25) is 5.82 Å². The van der Waals surface area contributed by atoms with Crippen molar-refractivity contribution < 1.29 is 27.3 Å². The molecule has 0 N–H and O–H groups in total. The number of rotatable bonds is 3. The van der Waals surface area contributed by atoms with E-state index >= 15 is 0 Å². The van der Waals surface area contributed by atoms with Gasteiger partial charge in [-0.1, -0.05) is 0 Å². The van der Waals surface area contributed by atoms with E-state index in [9.17, 15) is 22.9 Å². The van der Waals surface area contributed by atoms with E-state index < -0.39 is 39.5 Å². The Morgan fingerprint density at radius 3 is 2.63 bits per heavy atom. The first-order chi connectivity index (χ1) is 8.97. The summed E-state index contributed by atoms with van der Waals surface area (Å²) < 4.78 is 44.0. The first kappa shape index (κ1) is 13.1. The molecular weight excluding hydrogens is 267 g/mol. The van der Waals surface area contributed by atoms with Crippen LogP contribution in [-0.4, -0.2) is 11.5 Å². The van der Waals surface area contributed by atoms with Gasteiger partial charge in [0.1, 0.15) is 0 Å². The molecule has 0 aliphatic heterocycles. The predicted molar refractivity (Wildman–Crippen MR) is 57.3 cm³/mol. The van der Waals surface area contributed by atoms with Crippen molar-refractivity contribution in [1.82, 2.24) is 0 Å². The van der Waals surface area contributed by atoms with E-state index in [1.807, 2.05) is 0 Å². The van der Waals surface area contributed by atoms with Crippen molar-refractivity contribution in [3.05, 3.63) is 44.9 Å². The van der Waals surface area contributed by atoms with Crippen LogP contribution in [0.25, 0.3) is 11.0 Å². The Hall–Kier alpha value is -2.38. The van der Waals surface area contributed by atoms with Crippen LogP contribution in [-0.2, 0) is 4.84 Å². The van der Waals surface area contributed by atoms with Crippen LogP contribution in [0.3, 0.4) is 0 Å². The van der Waals surface area contributed by atoms with E-state index in [1.165, 1.54) is 6.92 Å². The molecule has 0 aliphatic rings. The van der Waals surface area contributed by atoms with E-state index in [1.54, 1.807) is 0 Å². The van der Waals surface area contributed by atoms with Gasteiger partial charge in [-0.15, -0.1) is 0 Å². The zero-order chi connectivity index (χ0) is 14.2. The van der Waals surface area contributed by atoms with E-state index in [4.69, 9.17) is 0 Å². The number of hydrogen-bond acceptors (Lipinski definition) is 4. The summed E-state index contributed by atoms with van der Waals surface area (Å²) in [5.41, 5.74) is -2.39. The van der Waals surface area contributed by atoms with Crippen LogP contribution >= 0.6 is 0 Å². The Morgan fingerprint density at radius 1 is 1.32 bits per heavy atom. The normalized spacial score (nSPS) is 10.7. The minimum atomic E-state index is -1.76. The maximum atomic E-state index is 13.3. The highest BCUT2D eigenvalue weighted by Gasteiger charge is 2.27. The number of nitrogens with zero attached hydrogens (tertiary/aromatic N) is 1.